The van der Waals surface area contributed by atoms with E-state index in [-0.39, 0.29) is 27.8 Å². The zero-order valence-corrected chi connectivity index (χ0v) is 27.7. The molecule has 0 radical (unpaired) electrons. The fourth-order valence-corrected chi connectivity index (χ4v) is 6.78. The van der Waals surface area contributed by atoms with E-state index in [4.69, 9.17) is 0 Å². The van der Waals surface area contributed by atoms with Gasteiger partial charge in [-0.1, -0.05) is 208 Å². The van der Waals surface area contributed by atoms with Gasteiger partial charge >= 0.3 is 0 Å². The third-order valence-corrected chi connectivity index (χ3v) is 9.24. The average molecular weight is 680 g/mol. The summed E-state index contributed by atoms with van der Waals surface area (Å²) in [4.78, 5) is 0. The van der Waals surface area contributed by atoms with Crippen molar-refractivity contribution in [2.75, 3.05) is 0 Å². The summed E-state index contributed by atoms with van der Waals surface area (Å²) in [6.07, 6.45) is 0. The minimum atomic E-state index is 0. The minimum absolute atomic E-state index is 0. The molecule has 6 aromatic carbocycles. The van der Waals surface area contributed by atoms with Crippen LogP contribution in [0.2, 0.25) is 0 Å². The molecular formula is C37H36P3Pd-. The standard InChI is InChI=1S/3C12H11P.CH3.Pd/c3*1-3-7-11(8-4-1)13-12-9-5-2-6-10-12;;/h3*1-10,13H;1H3;/q;;;-1;. The zero-order valence-electron chi connectivity index (χ0n) is 23.1. The van der Waals surface area contributed by atoms with E-state index in [2.05, 4.69) is 182 Å². The monoisotopic (exact) mass is 679 g/mol. The normalized spacial score (nSPS) is 9.37. The Morgan fingerprint density at radius 2 is 0.341 bits per heavy atom. The number of hydrogen-bond donors (Lipinski definition) is 0. The predicted molar refractivity (Wildman–Crippen MR) is 188 cm³/mol. The van der Waals surface area contributed by atoms with E-state index < -0.39 is 0 Å². The number of hydrogen-bond acceptors (Lipinski definition) is 0. The first-order valence-corrected chi connectivity index (χ1v) is 16.0. The van der Waals surface area contributed by atoms with Crippen LogP contribution < -0.4 is 31.8 Å². The molecule has 0 aliphatic carbocycles. The maximum absolute atomic E-state index is 2.17. The van der Waals surface area contributed by atoms with Crippen LogP contribution in [0, 0.1) is 7.43 Å². The molecule has 0 amide bonds. The van der Waals surface area contributed by atoms with Crippen LogP contribution in [0.4, 0.5) is 0 Å². The average Bonchev–Trinajstić information content (AvgIpc) is 3.01. The van der Waals surface area contributed by atoms with Gasteiger partial charge in [-0.3, -0.25) is 0 Å². The second-order valence-electron chi connectivity index (χ2n) is 8.57. The van der Waals surface area contributed by atoms with E-state index >= 15 is 0 Å². The van der Waals surface area contributed by atoms with Crippen molar-refractivity contribution in [2.24, 2.45) is 0 Å². The van der Waals surface area contributed by atoms with Gasteiger partial charge in [-0.15, -0.1) is 0 Å². The van der Waals surface area contributed by atoms with Gasteiger partial charge in [0.15, 0.2) is 0 Å². The van der Waals surface area contributed by atoms with Crippen LogP contribution in [0.1, 0.15) is 0 Å². The Bertz CT molecular complexity index is 1140. The third kappa shape index (κ3) is 14.1. The van der Waals surface area contributed by atoms with Crippen molar-refractivity contribution in [2.45, 2.75) is 0 Å². The van der Waals surface area contributed by atoms with E-state index in [0.717, 1.165) is 25.7 Å². The van der Waals surface area contributed by atoms with Crippen LogP contribution in [0.25, 0.3) is 0 Å². The Balaban J connectivity index is 0.000000210. The molecule has 41 heavy (non-hydrogen) atoms. The largest absolute Gasteiger partial charge is 0.358 e. The molecular weight excluding hydrogens is 644 g/mol. The zero-order chi connectivity index (χ0) is 26.8. The summed E-state index contributed by atoms with van der Waals surface area (Å²) in [6, 6.07) is 63.5. The molecule has 0 bridgehead atoms. The van der Waals surface area contributed by atoms with Crippen molar-refractivity contribution >= 4 is 57.6 Å². The molecule has 0 N–H and O–H groups in total. The Morgan fingerprint density at radius 3 is 0.463 bits per heavy atom. The van der Waals surface area contributed by atoms with Crippen molar-refractivity contribution in [1.29, 1.82) is 0 Å². The molecule has 0 unspecified atom stereocenters. The van der Waals surface area contributed by atoms with Crippen molar-refractivity contribution < 1.29 is 20.4 Å². The summed E-state index contributed by atoms with van der Waals surface area (Å²) in [5.41, 5.74) is 0. The molecule has 0 aliphatic heterocycles. The summed E-state index contributed by atoms with van der Waals surface area (Å²) in [6.45, 7) is 0. The van der Waals surface area contributed by atoms with E-state index in [9.17, 15) is 0 Å². The molecule has 6 aromatic rings. The quantitative estimate of drug-likeness (QED) is 0.0979. The molecule has 0 aromatic heterocycles. The molecule has 4 heteroatoms. The van der Waals surface area contributed by atoms with Crippen molar-refractivity contribution in [3.63, 3.8) is 0 Å². The summed E-state index contributed by atoms with van der Waals surface area (Å²) in [5.74, 6) is 0. The van der Waals surface area contributed by atoms with Crippen molar-refractivity contribution in [3.8, 4) is 0 Å². The first kappa shape index (κ1) is 34.5. The van der Waals surface area contributed by atoms with E-state index in [1.807, 2.05) is 0 Å². The Hall–Kier alpha value is -2.73. The second-order valence-corrected chi connectivity index (χ2v) is 12.8. The van der Waals surface area contributed by atoms with Gasteiger partial charge in [0.05, 0.1) is 0 Å². The Morgan fingerprint density at radius 1 is 0.220 bits per heavy atom. The van der Waals surface area contributed by atoms with Crippen LogP contribution in [-0.2, 0) is 20.4 Å². The predicted octanol–water partition coefficient (Wildman–Crippen LogP) is 7.40. The summed E-state index contributed by atoms with van der Waals surface area (Å²) >= 11 is 0. The molecule has 0 nitrogen and oxygen atoms in total. The maximum Gasteiger partial charge on any atom is 0 e. The fraction of sp³-hybridized carbons (Fsp3) is 0. The van der Waals surface area contributed by atoms with Gasteiger partial charge in [0.25, 0.3) is 0 Å². The van der Waals surface area contributed by atoms with Crippen LogP contribution >= 0.6 is 25.7 Å². The topological polar surface area (TPSA) is 0 Å². The van der Waals surface area contributed by atoms with E-state index in [1.165, 1.54) is 31.8 Å². The molecule has 210 valence electrons. The summed E-state index contributed by atoms with van der Waals surface area (Å²) < 4.78 is 0. The SMILES string of the molecule is [CH3-].[Pd].c1ccc(Pc2ccccc2)cc1.c1ccc(Pc2ccccc2)cc1.c1ccc(Pc2ccccc2)cc1. The van der Waals surface area contributed by atoms with Gasteiger partial charge in [-0.25, -0.2) is 0 Å². The maximum atomic E-state index is 2.17. The second kappa shape index (κ2) is 21.0. The first-order chi connectivity index (χ1) is 19.3. The molecule has 0 saturated carbocycles. The van der Waals surface area contributed by atoms with Gasteiger partial charge < -0.3 is 7.43 Å². The molecule has 6 rings (SSSR count). The van der Waals surface area contributed by atoms with E-state index in [1.54, 1.807) is 0 Å². The summed E-state index contributed by atoms with van der Waals surface area (Å²) in [7, 11) is 2.33. The molecule has 0 fully saturated rings. The first-order valence-electron chi connectivity index (χ1n) is 13.0. The summed E-state index contributed by atoms with van der Waals surface area (Å²) in [5, 5.41) is 8.38. The van der Waals surface area contributed by atoms with Gasteiger partial charge in [0.2, 0.25) is 0 Å². The fourth-order valence-electron chi connectivity index (χ4n) is 3.63. The Kier molecular flexibility index (Phi) is 17.7. The molecule has 0 saturated heterocycles. The molecule has 0 aliphatic rings. The smallest absolute Gasteiger partial charge is 0 e. The number of rotatable bonds is 6. The molecule has 0 spiro atoms. The van der Waals surface area contributed by atoms with Gasteiger partial charge in [-0.2, -0.15) is 0 Å². The van der Waals surface area contributed by atoms with Crippen molar-refractivity contribution in [1.82, 2.24) is 0 Å². The molecule has 0 heterocycles. The van der Waals surface area contributed by atoms with Crippen LogP contribution in [0.15, 0.2) is 182 Å². The van der Waals surface area contributed by atoms with Gasteiger partial charge in [0, 0.05) is 20.4 Å². The van der Waals surface area contributed by atoms with Crippen LogP contribution in [0.3, 0.4) is 0 Å². The van der Waals surface area contributed by atoms with E-state index in [0.29, 0.717) is 0 Å². The van der Waals surface area contributed by atoms with Crippen molar-refractivity contribution in [3.05, 3.63) is 189 Å². The van der Waals surface area contributed by atoms with Gasteiger partial charge in [0.1, 0.15) is 0 Å². The minimum Gasteiger partial charge on any atom is -0.358 e. The third-order valence-electron chi connectivity index (χ3n) is 5.51. The van der Waals surface area contributed by atoms with Gasteiger partial charge in [-0.05, 0) is 31.8 Å². The van der Waals surface area contributed by atoms with Crippen LogP contribution in [0.5, 0.6) is 0 Å². The Labute approximate surface area is 266 Å². The molecule has 0 atom stereocenters. The van der Waals surface area contributed by atoms with Crippen LogP contribution in [-0.4, -0.2) is 0 Å². The number of benzene rings is 6.